The molecule has 1 fully saturated rings. The van der Waals surface area contributed by atoms with E-state index in [1.807, 2.05) is 31.2 Å². The van der Waals surface area contributed by atoms with Gasteiger partial charge in [-0.1, -0.05) is 12.1 Å². The fraction of sp³-hybridized carbons (Fsp3) is 0.375. The first kappa shape index (κ1) is 13.8. The summed E-state index contributed by atoms with van der Waals surface area (Å²) in [6.45, 7) is 2.65. The van der Waals surface area contributed by atoms with Gasteiger partial charge in [0.25, 0.3) is 5.91 Å². The largest absolute Gasteiger partial charge is 0.394 e. The number of imidazole rings is 1. The van der Waals surface area contributed by atoms with Crippen LogP contribution in [0.1, 0.15) is 29.0 Å². The molecule has 1 aliphatic heterocycles. The summed E-state index contributed by atoms with van der Waals surface area (Å²) in [4.78, 5) is 21.7. The third-order valence-electron chi connectivity index (χ3n) is 3.97. The first-order chi connectivity index (χ1) is 10.2. The fourth-order valence-corrected chi connectivity index (χ4v) is 2.85. The zero-order chi connectivity index (χ0) is 14.8. The molecule has 1 aromatic carbocycles. The molecule has 2 heterocycles. The number of aryl methyl sites for hydroxylation is 1. The number of hydrogen-bond acceptors (Lipinski definition) is 3. The third kappa shape index (κ3) is 2.69. The number of likely N-dealkylation sites (tertiary alicyclic amines) is 1. The maximum atomic E-state index is 12.6. The Morgan fingerprint density at radius 3 is 3.10 bits per heavy atom. The molecule has 5 heteroatoms. The van der Waals surface area contributed by atoms with E-state index >= 15 is 0 Å². The van der Waals surface area contributed by atoms with Gasteiger partial charge in [-0.2, -0.15) is 0 Å². The number of benzene rings is 1. The van der Waals surface area contributed by atoms with Gasteiger partial charge in [-0.25, -0.2) is 4.98 Å². The van der Waals surface area contributed by atoms with Crippen LogP contribution in [0.4, 0.5) is 0 Å². The van der Waals surface area contributed by atoms with Crippen LogP contribution in [0, 0.1) is 6.92 Å². The van der Waals surface area contributed by atoms with E-state index in [4.69, 9.17) is 0 Å². The third-order valence-corrected chi connectivity index (χ3v) is 3.97. The molecule has 3 rings (SSSR count). The van der Waals surface area contributed by atoms with Crippen LogP contribution in [0.15, 0.2) is 30.5 Å². The molecule has 0 saturated carbocycles. The van der Waals surface area contributed by atoms with Crippen LogP contribution in [0.2, 0.25) is 0 Å². The van der Waals surface area contributed by atoms with Crippen molar-refractivity contribution in [2.45, 2.75) is 25.8 Å². The number of nitrogens with one attached hydrogen (secondary N) is 1. The number of nitrogens with zero attached hydrogens (tertiary/aromatic N) is 2. The van der Waals surface area contributed by atoms with Crippen LogP contribution in [0.25, 0.3) is 11.3 Å². The van der Waals surface area contributed by atoms with Gasteiger partial charge in [-0.3, -0.25) is 4.79 Å². The highest BCUT2D eigenvalue weighted by Crippen LogP contribution is 2.23. The van der Waals surface area contributed by atoms with Crippen LogP contribution in [0.3, 0.4) is 0 Å². The second-order valence-corrected chi connectivity index (χ2v) is 5.44. The van der Waals surface area contributed by atoms with E-state index in [1.165, 1.54) is 0 Å². The number of H-pyrrole nitrogens is 1. The second kappa shape index (κ2) is 5.69. The van der Waals surface area contributed by atoms with Crippen LogP contribution >= 0.6 is 0 Å². The van der Waals surface area contributed by atoms with Gasteiger partial charge in [0.1, 0.15) is 5.82 Å². The summed E-state index contributed by atoms with van der Waals surface area (Å²) < 4.78 is 0. The Morgan fingerprint density at radius 1 is 1.52 bits per heavy atom. The zero-order valence-electron chi connectivity index (χ0n) is 12.0. The summed E-state index contributed by atoms with van der Waals surface area (Å²) >= 11 is 0. The summed E-state index contributed by atoms with van der Waals surface area (Å²) in [5.74, 6) is 0.839. The number of aromatic nitrogens is 2. The van der Waals surface area contributed by atoms with Gasteiger partial charge >= 0.3 is 0 Å². The minimum Gasteiger partial charge on any atom is -0.394 e. The molecule has 0 unspecified atom stereocenters. The Hall–Kier alpha value is -2.14. The first-order valence-corrected chi connectivity index (χ1v) is 7.23. The molecule has 1 amide bonds. The molecule has 1 saturated heterocycles. The quantitative estimate of drug-likeness (QED) is 0.906. The Bertz CT molecular complexity index is 650. The molecular formula is C16H19N3O2. The lowest BCUT2D eigenvalue weighted by molar-refractivity contribution is 0.0677. The number of rotatable bonds is 3. The average Bonchev–Trinajstić information content (AvgIpc) is 3.15. The van der Waals surface area contributed by atoms with E-state index < -0.39 is 0 Å². The predicted molar refractivity (Wildman–Crippen MR) is 79.9 cm³/mol. The lowest BCUT2D eigenvalue weighted by Crippen LogP contribution is -2.37. The monoisotopic (exact) mass is 285 g/mol. The van der Waals surface area contributed by atoms with Crippen molar-refractivity contribution in [1.82, 2.24) is 14.9 Å². The van der Waals surface area contributed by atoms with Crippen LogP contribution in [-0.4, -0.2) is 45.1 Å². The van der Waals surface area contributed by atoms with Gasteiger partial charge in [-0.05, 0) is 31.9 Å². The zero-order valence-corrected chi connectivity index (χ0v) is 12.0. The lowest BCUT2D eigenvalue weighted by atomic mass is 10.1. The van der Waals surface area contributed by atoms with Gasteiger partial charge in [0.2, 0.25) is 0 Å². The van der Waals surface area contributed by atoms with Crippen molar-refractivity contribution >= 4 is 5.91 Å². The summed E-state index contributed by atoms with van der Waals surface area (Å²) in [6, 6.07) is 7.49. The number of hydrogen-bond donors (Lipinski definition) is 2. The molecule has 1 aliphatic rings. The molecule has 2 N–H and O–H groups in total. The normalized spacial score (nSPS) is 18.2. The number of carbonyl (C=O) groups excluding carboxylic acids is 1. The van der Waals surface area contributed by atoms with Crippen LogP contribution in [-0.2, 0) is 0 Å². The number of amides is 1. The molecule has 0 aliphatic carbocycles. The van der Waals surface area contributed by atoms with E-state index in [0.717, 1.165) is 36.5 Å². The second-order valence-electron chi connectivity index (χ2n) is 5.44. The highest BCUT2D eigenvalue weighted by Gasteiger charge is 2.28. The first-order valence-electron chi connectivity index (χ1n) is 7.23. The maximum absolute atomic E-state index is 12.6. The van der Waals surface area contributed by atoms with E-state index in [-0.39, 0.29) is 18.6 Å². The van der Waals surface area contributed by atoms with Crippen LogP contribution < -0.4 is 0 Å². The molecule has 110 valence electrons. The minimum absolute atomic E-state index is 0.00960. The van der Waals surface area contributed by atoms with Gasteiger partial charge in [0, 0.05) is 17.7 Å². The number of aliphatic hydroxyl groups is 1. The summed E-state index contributed by atoms with van der Waals surface area (Å²) in [5, 5.41) is 9.36. The Morgan fingerprint density at radius 2 is 2.38 bits per heavy atom. The minimum atomic E-state index is -0.0458. The number of carbonyl (C=O) groups is 1. The van der Waals surface area contributed by atoms with Gasteiger partial charge in [0.15, 0.2) is 0 Å². The van der Waals surface area contributed by atoms with E-state index in [0.29, 0.717) is 5.56 Å². The molecule has 2 aromatic rings. The Labute approximate surface area is 123 Å². The molecule has 5 nitrogen and oxygen atoms in total. The number of aliphatic hydroxyl groups excluding tert-OH is 1. The average molecular weight is 285 g/mol. The van der Waals surface area contributed by atoms with Gasteiger partial charge < -0.3 is 15.0 Å². The highest BCUT2D eigenvalue weighted by molar-refractivity contribution is 5.95. The molecular weight excluding hydrogens is 266 g/mol. The molecule has 0 spiro atoms. The topological polar surface area (TPSA) is 69.2 Å². The summed E-state index contributed by atoms with van der Waals surface area (Å²) in [6.07, 6.45) is 3.60. The molecule has 0 radical (unpaired) electrons. The van der Waals surface area contributed by atoms with E-state index in [9.17, 15) is 9.90 Å². The van der Waals surface area contributed by atoms with E-state index in [1.54, 1.807) is 11.1 Å². The Balaban J connectivity index is 1.87. The van der Waals surface area contributed by atoms with Crippen molar-refractivity contribution in [3.63, 3.8) is 0 Å². The molecule has 1 aromatic heterocycles. The molecule has 1 atom stereocenters. The van der Waals surface area contributed by atoms with Gasteiger partial charge in [-0.15, -0.1) is 0 Å². The van der Waals surface area contributed by atoms with Crippen LogP contribution in [0.5, 0.6) is 0 Å². The molecule has 21 heavy (non-hydrogen) atoms. The number of aromatic amines is 1. The molecule has 0 bridgehead atoms. The predicted octanol–water partition coefficient (Wildman–Crippen LogP) is 1.98. The highest BCUT2D eigenvalue weighted by atomic mass is 16.3. The van der Waals surface area contributed by atoms with Crippen molar-refractivity contribution in [3.8, 4) is 11.3 Å². The SMILES string of the molecule is Cc1ncc(-c2cccc(C(=O)N3CCC[C@H]3CO)c2)[nH]1. The van der Waals surface area contributed by atoms with Gasteiger partial charge in [0.05, 0.1) is 24.5 Å². The van der Waals surface area contributed by atoms with Crippen molar-refractivity contribution < 1.29 is 9.90 Å². The van der Waals surface area contributed by atoms with Crippen molar-refractivity contribution in [3.05, 3.63) is 41.9 Å². The lowest BCUT2D eigenvalue weighted by Gasteiger charge is -2.23. The Kier molecular flexibility index (Phi) is 3.75. The smallest absolute Gasteiger partial charge is 0.254 e. The van der Waals surface area contributed by atoms with Crippen molar-refractivity contribution in [1.29, 1.82) is 0 Å². The van der Waals surface area contributed by atoms with E-state index in [2.05, 4.69) is 9.97 Å². The fourth-order valence-electron chi connectivity index (χ4n) is 2.85. The van der Waals surface area contributed by atoms with Crippen molar-refractivity contribution in [2.24, 2.45) is 0 Å². The summed E-state index contributed by atoms with van der Waals surface area (Å²) in [5.41, 5.74) is 2.50. The maximum Gasteiger partial charge on any atom is 0.254 e. The van der Waals surface area contributed by atoms with Crippen molar-refractivity contribution in [2.75, 3.05) is 13.2 Å². The summed E-state index contributed by atoms with van der Waals surface area (Å²) in [7, 11) is 0. The standard InChI is InChI=1S/C16H19N3O2/c1-11-17-9-15(18-11)12-4-2-5-13(8-12)16(21)19-7-3-6-14(19)10-20/h2,4-5,8-9,14,20H,3,6-7,10H2,1H3,(H,17,18)/t14-/m0/s1.